The second-order valence-corrected chi connectivity index (χ2v) is 6.65. The Hall–Kier alpha value is -1.76. The summed E-state index contributed by atoms with van der Waals surface area (Å²) in [5.74, 6) is 0.895. The highest BCUT2D eigenvalue weighted by Gasteiger charge is 2.23. The molecule has 26 heavy (non-hydrogen) atoms. The zero-order valence-electron chi connectivity index (χ0n) is 15.6. The number of halogens is 1. The van der Waals surface area contributed by atoms with Gasteiger partial charge in [-0.3, -0.25) is 4.99 Å². The van der Waals surface area contributed by atoms with Crippen molar-refractivity contribution < 1.29 is 0 Å². The molecule has 0 bridgehead atoms. The number of hydrogen-bond acceptors (Lipinski definition) is 2. The Morgan fingerprint density at radius 3 is 2.54 bits per heavy atom. The molecule has 5 heteroatoms. The van der Waals surface area contributed by atoms with Crippen LogP contribution in [0.25, 0.3) is 0 Å². The average molecular weight is 464 g/mol. The minimum atomic E-state index is 0. The SMILES string of the molecule is CN=C(NCCc1ccc(C)cc1)NC1CCN(c2ccccc2)C1.I. The van der Waals surface area contributed by atoms with E-state index in [2.05, 4.69) is 82.0 Å². The molecular weight excluding hydrogens is 435 g/mol. The molecule has 0 aromatic heterocycles. The highest BCUT2D eigenvalue weighted by molar-refractivity contribution is 14.0. The molecule has 1 unspecified atom stereocenters. The van der Waals surface area contributed by atoms with Crippen LogP contribution in [0.5, 0.6) is 0 Å². The molecule has 1 aliphatic rings. The standard InChI is InChI=1S/C21H28N4.HI/c1-17-8-10-18(11-9-17)12-14-23-21(22-2)24-19-13-15-25(16-19)20-6-4-3-5-7-20;/h3-11,19H,12-16H2,1-2H3,(H2,22,23,24);1H. The molecular formula is C21H29IN4. The van der Waals surface area contributed by atoms with E-state index < -0.39 is 0 Å². The molecule has 4 nitrogen and oxygen atoms in total. The molecule has 2 N–H and O–H groups in total. The third-order valence-electron chi connectivity index (χ3n) is 4.70. The number of rotatable bonds is 5. The second-order valence-electron chi connectivity index (χ2n) is 6.65. The number of aryl methyl sites for hydroxylation is 1. The molecule has 1 saturated heterocycles. The van der Waals surface area contributed by atoms with E-state index in [1.54, 1.807) is 0 Å². The minimum Gasteiger partial charge on any atom is -0.369 e. The van der Waals surface area contributed by atoms with Crippen molar-refractivity contribution in [2.45, 2.75) is 25.8 Å². The molecule has 1 aliphatic heterocycles. The fourth-order valence-electron chi connectivity index (χ4n) is 3.22. The van der Waals surface area contributed by atoms with E-state index in [1.165, 1.54) is 16.8 Å². The molecule has 1 fully saturated rings. The van der Waals surface area contributed by atoms with Crippen LogP contribution in [0.2, 0.25) is 0 Å². The van der Waals surface area contributed by atoms with Crippen LogP contribution in [0, 0.1) is 6.92 Å². The molecule has 0 amide bonds. The number of nitrogens with zero attached hydrogens (tertiary/aromatic N) is 2. The van der Waals surface area contributed by atoms with Crippen LogP contribution in [0.1, 0.15) is 17.5 Å². The normalized spacial score (nSPS) is 16.9. The lowest BCUT2D eigenvalue weighted by atomic mass is 10.1. The lowest BCUT2D eigenvalue weighted by molar-refractivity contribution is 0.648. The van der Waals surface area contributed by atoms with Gasteiger partial charge in [0.15, 0.2) is 5.96 Å². The highest BCUT2D eigenvalue weighted by atomic mass is 127. The molecule has 0 aliphatic carbocycles. The van der Waals surface area contributed by atoms with Crippen molar-refractivity contribution in [2.24, 2.45) is 4.99 Å². The van der Waals surface area contributed by atoms with E-state index >= 15 is 0 Å². The Morgan fingerprint density at radius 2 is 1.85 bits per heavy atom. The summed E-state index contributed by atoms with van der Waals surface area (Å²) in [5, 5.41) is 6.99. The van der Waals surface area contributed by atoms with E-state index in [1.807, 2.05) is 7.05 Å². The molecule has 140 valence electrons. The Kier molecular flexibility index (Phi) is 8.22. The maximum absolute atomic E-state index is 4.37. The van der Waals surface area contributed by atoms with E-state index in [-0.39, 0.29) is 24.0 Å². The average Bonchev–Trinajstić information content (AvgIpc) is 3.12. The summed E-state index contributed by atoms with van der Waals surface area (Å²) in [6.07, 6.45) is 2.13. The summed E-state index contributed by atoms with van der Waals surface area (Å²) < 4.78 is 0. The number of aliphatic imine (C=N–C) groups is 1. The van der Waals surface area contributed by atoms with Crippen LogP contribution < -0.4 is 15.5 Å². The van der Waals surface area contributed by atoms with Gasteiger partial charge >= 0.3 is 0 Å². The maximum atomic E-state index is 4.37. The van der Waals surface area contributed by atoms with Crippen molar-refractivity contribution in [2.75, 3.05) is 31.6 Å². The van der Waals surface area contributed by atoms with E-state index in [0.717, 1.165) is 38.4 Å². The van der Waals surface area contributed by atoms with Gasteiger partial charge in [0, 0.05) is 38.4 Å². The largest absolute Gasteiger partial charge is 0.369 e. The number of anilines is 1. The van der Waals surface area contributed by atoms with Gasteiger partial charge in [0.05, 0.1) is 0 Å². The van der Waals surface area contributed by atoms with Gasteiger partial charge in [-0.2, -0.15) is 0 Å². The first-order valence-electron chi connectivity index (χ1n) is 9.07. The molecule has 0 saturated carbocycles. The summed E-state index contributed by atoms with van der Waals surface area (Å²) in [5.41, 5.74) is 3.96. The number of para-hydroxylation sites is 1. The van der Waals surface area contributed by atoms with Gasteiger partial charge in [-0.1, -0.05) is 48.0 Å². The Bertz CT molecular complexity index is 685. The molecule has 0 spiro atoms. The summed E-state index contributed by atoms with van der Waals surface area (Å²) in [6.45, 7) is 5.11. The van der Waals surface area contributed by atoms with Crippen molar-refractivity contribution in [3.05, 3.63) is 65.7 Å². The highest BCUT2D eigenvalue weighted by Crippen LogP contribution is 2.19. The zero-order chi connectivity index (χ0) is 17.5. The predicted molar refractivity (Wildman–Crippen MR) is 122 cm³/mol. The van der Waals surface area contributed by atoms with Crippen molar-refractivity contribution in [3.8, 4) is 0 Å². The minimum absolute atomic E-state index is 0. The first-order valence-corrected chi connectivity index (χ1v) is 9.07. The second kappa shape index (κ2) is 10.4. The van der Waals surface area contributed by atoms with E-state index in [9.17, 15) is 0 Å². The molecule has 3 rings (SSSR count). The smallest absolute Gasteiger partial charge is 0.191 e. The monoisotopic (exact) mass is 464 g/mol. The molecule has 2 aromatic carbocycles. The topological polar surface area (TPSA) is 39.7 Å². The quantitative estimate of drug-likeness (QED) is 0.404. The third kappa shape index (κ3) is 5.90. The predicted octanol–water partition coefficient (Wildman–Crippen LogP) is 3.60. The van der Waals surface area contributed by atoms with Crippen LogP contribution in [0.15, 0.2) is 59.6 Å². The van der Waals surface area contributed by atoms with Gasteiger partial charge in [0.2, 0.25) is 0 Å². The first kappa shape index (κ1) is 20.6. The van der Waals surface area contributed by atoms with E-state index in [4.69, 9.17) is 0 Å². The summed E-state index contributed by atoms with van der Waals surface area (Å²) in [6, 6.07) is 19.8. The van der Waals surface area contributed by atoms with Gasteiger partial charge in [0.1, 0.15) is 0 Å². The van der Waals surface area contributed by atoms with Gasteiger partial charge < -0.3 is 15.5 Å². The summed E-state index contributed by atoms with van der Waals surface area (Å²) in [7, 11) is 1.84. The molecule has 2 aromatic rings. The number of benzene rings is 2. The van der Waals surface area contributed by atoms with Crippen molar-refractivity contribution >= 4 is 35.6 Å². The zero-order valence-corrected chi connectivity index (χ0v) is 17.9. The number of guanidine groups is 1. The molecule has 1 atom stereocenters. The maximum Gasteiger partial charge on any atom is 0.191 e. The fourth-order valence-corrected chi connectivity index (χ4v) is 3.22. The van der Waals surface area contributed by atoms with Crippen molar-refractivity contribution in [1.82, 2.24) is 10.6 Å². The molecule has 0 radical (unpaired) electrons. The Balaban J connectivity index is 0.00000243. The van der Waals surface area contributed by atoms with Crippen LogP contribution in [0.3, 0.4) is 0 Å². The Labute approximate surface area is 174 Å². The lowest BCUT2D eigenvalue weighted by Gasteiger charge is -2.20. The van der Waals surface area contributed by atoms with E-state index in [0.29, 0.717) is 6.04 Å². The van der Waals surface area contributed by atoms with Gasteiger partial charge in [0.25, 0.3) is 0 Å². The summed E-state index contributed by atoms with van der Waals surface area (Å²) >= 11 is 0. The van der Waals surface area contributed by atoms with Crippen molar-refractivity contribution in [1.29, 1.82) is 0 Å². The van der Waals surface area contributed by atoms with Gasteiger partial charge in [-0.05, 0) is 37.5 Å². The summed E-state index contributed by atoms with van der Waals surface area (Å²) in [4.78, 5) is 6.80. The van der Waals surface area contributed by atoms with Crippen molar-refractivity contribution in [3.63, 3.8) is 0 Å². The van der Waals surface area contributed by atoms with Crippen LogP contribution in [0.4, 0.5) is 5.69 Å². The molecule has 1 heterocycles. The lowest BCUT2D eigenvalue weighted by Crippen LogP contribution is -2.45. The Morgan fingerprint density at radius 1 is 1.12 bits per heavy atom. The number of nitrogens with one attached hydrogen (secondary N) is 2. The van der Waals surface area contributed by atoms with Gasteiger partial charge in [-0.25, -0.2) is 0 Å². The van der Waals surface area contributed by atoms with Crippen LogP contribution in [-0.2, 0) is 6.42 Å². The van der Waals surface area contributed by atoms with Crippen LogP contribution >= 0.6 is 24.0 Å². The fraction of sp³-hybridized carbons (Fsp3) is 0.381. The number of hydrogen-bond donors (Lipinski definition) is 2. The van der Waals surface area contributed by atoms with Crippen LogP contribution in [-0.4, -0.2) is 38.7 Å². The first-order chi connectivity index (χ1) is 12.2. The third-order valence-corrected chi connectivity index (χ3v) is 4.70. The van der Waals surface area contributed by atoms with Gasteiger partial charge in [-0.15, -0.1) is 24.0 Å².